The Morgan fingerprint density at radius 3 is 2.92 bits per heavy atom. The summed E-state index contributed by atoms with van der Waals surface area (Å²) in [5, 5.41) is 10.3. The first-order chi connectivity index (χ1) is 12.1. The lowest BCUT2D eigenvalue weighted by atomic mass is 10.1. The van der Waals surface area contributed by atoms with Crippen LogP contribution >= 0.6 is 46.9 Å². The van der Waals surface area contributed by atoms with Gasteiger partial charge >= 0.3 is 0 Å². The third-order valence-electron chi connectivity index (χ3n) is 4.13. The molecule has 1 saturated carbocycles. The molecule has 1 heterocycles. The molecule has 142 valence electrons. The number of guanidine groups is 1. The normalized spacial score (nSPS) is 19.0. The standard InChI is InChI=1S/C18H22ClFN4S.HI/c1-3-21-18(22-8-7-12-10-25-11(2)23-12)24-16-9-13(16)17-14(19)5-4-6-15(17)20;/h4-6,10,13,16H,3,7-9H2,1-2H3,(H2,21,22,24);1H. The molecule has 8 heteroatoms. The zero-order valence-electron chi connectivity index (χ0n) is 14.8. The molecule has 1 fully saturated rings. The highest BCUT2D eigenvalue weighted by molar-refractivity contribution is 14.0. The summed E-state index contributed by atoms with van der Waals surface area (Å²) in [5.74, 6) is 0.621. The predicted molar refractivity (Wildman–Crippen MR) is 118 cm³/mol. The average molecular weight is 509 g/mol. The number of aromatic nitrogens is 1. The highest BCUT2D eigenvalue weighted by Crippen LogP contribution is 2.44. The Balaban J connectivity index is 0.00000243. The molecule has 2 atom stereocenters. The van der Waals surface area contributed by atoms with Crippen LogP contribution in [0, 0.1) is 12.7 Å². The lowest BCUT2D eigenvalue weighted by molar-refractivity contribution is 0.608. The van der Waals surface area contributed by atoms with Gasteiger partial charge in [0, 0.05) is 47.4 Å². The monoisotopic (exact) mass is 508 g/mol. The van der Waals surface area contributed by atoms with Crippen molar-refractivity contribution in [1.29, 1.82) is 0 Å². The molecular formula is C18H23ClFIN4S. The molecule has 0 bridgehead atoms. The summed E-state index contributed by atoms with van der Waals surface area (Å²) in [5.41, 5.74) is 1.68. The third-order valence-corrected chi connectivity index (χ3v) is 5.28. The maximum atomic E-state index is 14.0. The summed E-state index contributed by atoms with van der Waals surface area (Å²) in [7, 11) is 0. The smallest absolute Gasteiger partial charge is 0.191 e. The molecule has 2 aromatic rings. The first kappa shape index (κ1) is 21.4. The van der Waals surface area contributed by atoms with Gasteiger partial charge in [-0.1, -0.05) is 17.7 Å². The number of rotatable bonds is 6. The molecule has 26 heavy (non-hydrogen) atoms. The highest BCUT2D eigenvalue weighted by atomic mass is 127. The van der Waals surface area contributed by atoms with E-state index in [9.17, 15) is 4.39 Å². The molecule has 0 saturated heterocycles. The quantitative estimate of drug-likeness (QED) is 0.343. The molecule has 0 aliphatic heterocycles. The largest absolute Gasteiger partial charge is 0.357 e. The summed E-state index contributed by atoms with van der Waals surface area (Å²) in [6.07, 6.45) is 1.67. The number of hydrogen-bond donors (Lipinski definition) is 2. The van der Waals surface area contributed by atoms with Crippen LogP contribution in [-0.4, -0.2) is 30.1 Å². The van der Waals surface area contributed by atoms with Crippen LogP contribution in [-0.2, 0) is 6.42 Å². The fraction of sp³-hybridized carbons (Fsp3) is 0.444. The molecule has 1 aliphatic carbocycles. The average Bonchev–Trinajstić information content (AvgIpc) is 3.18. The van der Waals surface area contributed by atoms with E-state index in [-0.39, 0.29) is 41.8 Å². The van der Waals surface area contributed by atoms with Crippen LogP contribution in [0.1, 0.15) is 35.5 Å². The molecular weight excluding hydrogens is 486 g/mol. The summed E-state index contributed by atoms with van der Waals surface area (Å²) >= 11 is 7.82. The van der Waals surface area contributed by atoms with E-state index >= 15 is 0 Å². The van der Waals surface area contributed by atoms with E-state index in [2.05, 4.69) is 26.0 Å². The number of halogens is 3. The molecule has 1 aliphatic rings. The van der Waals surface area contributed by atoms with E-state index in [1.165, 1.54) is 6.07 Å². The van der Waals surface area contributed by atoms with Crippen LogP contribution in [0.25, 0.3) is 0 Å². The van der Waals surface area contributed by atoms with Gasteiger partial charge in [-0.2, -0.15) is 0 Å². The van der Waals surface area contributed by atoms with Crippen LogP contribution in [0.4, 0.5) is 4.39 Å². The Bertz CT molecular complexity index is 747. The molecule has 2 N–H and O–H groups in total. The van der Waals surface area contributed by atoms with Gasteiger partial charge in [-0.15, -0.1) is 35.3 Å². The van der Waals surface area contributed by atoms with E-state index in [0.717, 1.165) is 36.0 Å². The number of aliphatic imine (C=N–C) groups is 1. The van der Waals surface area contributed by atoms with Crippen molar-refractivity contribution < 1.29 is 4.39 Å². The topological polar surface area (TPSA) is 49.3 Å². The van der Waals surface area contributed by atoms with Gasteiger partial charge in [0.15, 0.2) is 5.96 Å². The van der Waals surface area contributed by atoms with Gasteiger partial charge in [0.05, 0.1) is 10.7 Å². The molecule has 0 radical (unpaired) electrons. The minimum absolute atomic E-state index is 0. The maximum absolute atomic E-state index is 14.0. The second kappa shape index (κ2) is 9.85. The molecule has 1 aromatic carbocycles. The number of thiazole rings is 1. The maximum Gasteiger partial charge on any atom is 0.191 e. The molecule has 3 rings (SSSR count). The number of aryl methyl sites for hydroxylation is 1. The summed E-state index contributed by atoms with van der Waals surface area (Å²) in [6, 6.07) is 5.00. The van der Waals surface area contributed by atoms with Crippen molar-refractivity contribution in [2.24, 2.45) is 4.99 Å². The number of nitrogens with zero attached hydrogens (tertiary/aromatic N) is 2. The summed E-state index contributed by atoms with van der Waals surface area (Å²) in [6.45, 7) is 5.47. The minimum atomic E-state index is -0.234. The van der Waals surface area contributed by atoms with Gasteiger partial charge in [0.1, 0.15) is 5.82 Å². The van der Waals surface area contributed by atoms with Crippen LogP contribution in [0.5, 0.6) is 0 Å². The second-order valence-corrected chi connectivity index (χ2v) is 7.57. The molecule has 4 nitrogen and oxygen atoms in total. The van der Waals surface area contributed by atoms with E-state index in [1.54, 1.807) is 23.5 Å². The van der Waals surface area contributed by atoms with Crippen molar-refractivity contribution in [1.82, 2.24) is 15.6 Å². The SMILES string of the molecule is CCNC(=NCCc1csc(C)n1)NC1CC1c1c(F)cccc1Cl.I. The van der Waals surface area contributed by atoms with Crippen molar-refractivity contribution in [3.8, 4) is 0 Å². The second-order valence-electron chi connectivity index (χ2n) is 6.10. The first-order valence-electron chi connectivity index (χ1n) is 8.48. The Morgan fingerprint density at radius 1 is 1.46 bits per heavy atom. The lowest BCUT2D eigenvalue weighted by Gasteiger charge is -2.12. The van der Waals surface area contributed by atoms with Gasteiger partial charge < -0.3 is 10.6 Å². The van der Waals surface area contributed by atoms with Crippen molar-refractivity contribution in [2.75, 3.05) is 13.1 Å². The molecule has 0 amide bonds. The lowest BCUT2D eigenvalue weighted by Crippen LogP contribution is -2.39. The van der Waals surface area contributed by atoms with Crippen LogP contribution in [0.15, 0.2) is 28.6 Å². The molecule has 2 unspecified atom stereocenters. The van der Waals surface area contributed by atoms with Gasteiger partial charge in [-0.05, 0) is 32.4 Å². The van der Waals surface area contributed by atoms with E-state index in [0.29, 0.717) is 17.1 Å². The van der Waals surface area contributed by atoms with Crippen molar-refractivity contribution in [3.05, 3.63) is 50.7 Å². The zero-order chi connectivity index (χ0) is 17.8. The van der Waals surface area contributed by atoms with E-state index in [4.69, 9.17) is 11.6 Å². The Morgan fingerprint density at radius 2 is 2.27 bits per heavy atom. The number of hydrogen-bond acceptors (Lipinski definition) is 3. The van der Waals surface area contributed by atoms with Crippen molar-refractivity contribution >= 4 is 52.9 Å². The Hall–Kier alpha value is -0.930. The van der Waals surface area contributed by atoms with E-state index in [1.807, 2.05) is 13.8 Å². The van der Waals surface area contributed by atoms with Gasteiger partial charge in [0.2, 0.25) is 0 Å². The highest BCUT2D eigenvalue weighted by Gasteiger charge is 2.41. The van der Waals surface area contributed by atoms with E-state index < -0.39 is 0 Å². The molecule has 0 spiro atoms. The predicted octanol–water partition coefficient (Wildman–Crippen LogP) is 4.52. The van der Waals surface area contributed by atoms with Crippen molar-refractivity contribution in [2.45, 2.75) is 38.6 Å². The number of benzene rings is 1. The first-order valence-corrected chi connectivity index (χ1v) is 9.74. The van der Waals surface area contributed by atoms with Crippen LogP contribution < -0.4 is 10.6 Å². The third kappa shape index (κ3) is 5.53. The van der Waals surface area contributed by atoms with Gasteiger partial charge in [-0.25, -0.2) is 9.37 Å². The summed E-state index contributed by atoms with van der Waals surface area (Å²) < 4.78 is 14.0. The molecule has 1 aromatic heterocycles. The fourth-order valence-corrected chi connectivity index (χ4v) is 3.79. The van der Waals surface area contributed by atoms with Gasteiger partial charge in [-0.3, -0.25) is 4.99 Å². The van der Waals surface area contributed by atoms with Gasteiger partial charge in [0.25, 0.3) is 0 Å². The minimum Gasteiger partial charge on any atom is -0.357 e. The van der Waals surface area contributed by atoms with Crippen LogP contribution in [0.3, 0.4) is 0 Å². The number of nitrogens with one attached hydrogen (secondary N) is 2. The summed E-state index contributed by atoms with van der Waals surface area (Å²) in [4.78, 5) is 9.05. The Kier molecular flexibility index (Phi) is 8.09. The Labute approximate surface area is 179 Å². The van der Waals surface area contributed by atoms with Crippen molar-refractivity contribution in [3.63, 3.8) is 0 Å². The van der Waals surface area contributed by atoms with Crippen LogP contribution in [0.2, 0.25) is 5.02 Å². The zero-order valence-corrected chi connectivity index (χ0v) is 18.7. The fourth-order valence-electron chi connectivity index (χ4n) is 2.84.